The van der Waals surface area contributed by atoms with E-state index in [2.05, 4.69) is 15.2 Å². The molecule has 0 aromatic carbocycles. The van der Waals surface area contributed by atoms with Crippen molar-refractivity contribution in [3.8, 4) is 0 Å². The molecule has 2 aliphatic rings. The molecule has 26 heavy (non-hydrogen) atoms. The monoisotopic (exact) mass is 359 g/mol. The second-order valence-electron chi connectivity index (χ2n) is 7.23. The molecule has 2 aliphatic heterocycles. The maximum Gasteiger partial charge on any atom is 0.255 e. The molecule has 7 nitrogen and oxygen atoms in total. The van der Waals surface area contributed by atoms with Gasteiger partial charge in [0.1, 0.15) is 5.82 Å². The fraction of sp³-hybridized carbons (Fsp3) is 0.632. The molecule has 3 heterocycles. The predicted molar refractivity (Wildman–Crippen MR) is 103 cm³/mol. The number of pyridine rings is 1. The molecular weight excluding hydrogens is 330 g/mol. The number of rotatable bonds is 5. The van der Waals surface area contributed by atoms with Crippen LogP contribution in [0.3, 0.4) is 0 Å². The third-order valence-corrected chi connectivity index (χ3v) is 5.27. The number of hydrogen-bond acceptors (Lipinski definition) is 5. The van der Waals surface area contributed by atoms with Crippen molar-refractivity contribution < 1.29 is 9.59 Å². The molecular formula is C19H29N5O2. The molecule has 1 saturated heterocycles. The summed E-state index contributed by atoms with van der Waals surface area (Å²) in [4.78, 5) is 34.7. The van der Waals surface area contributed by atoms with Crippen LogP contribution in [0.4, 0.5) is 11.5 Å². The normalized spacial score (nSPS) is 18.1. The lowest BCUT2D eigenvalue weighted by Crippen LogP contribution is -2.37. The van der Waals surface area contributed by atoms with Crippen LogP contribution in [-0.2, 0) is 4.79 Å². The zero-order valence-corrected chi connectivity index (χ0v) is 15.8. The van der Waals surface area contributed by atoms with E-state index in [1.165, 1.54) is 38.8 Å². The zero-order chi connectivity index (χ0) is 18.5. The van der Waals surface area contributed by atoms with Crippen LogP contribution in [0.5, 0.6) is 0 Å². The van der Waals surface area contributed by atoms with E-state index in [9.17, 15) is 9.59 Å². The largest absolute Gasteiger partial charge is 0.359 e. The zero-order valence-electron chi connectivity index (χ0n) is 15.8. The molecule has 2 amide bonds. The average Bonchev–Trinajstić information content (AvgIpc) is 2.93. The first-order valence-corrected chi connectivity index (χ1v) is 9.54. The van der Waals surface area contributed by atoms with Crippen molar-refractivity contribution in [1.29, 1.82) is 0 Å². The lowest BCUT2D eigenvalue weighted by Gasteiger charge is -2.27. The van der Waals surface area contributed by atoms with Crippen molar-refractivity contribution in [3.05, 3.63) is 17.8 Å². The van der Waals surface area contributed by atoms with Gasteiger partial charge in [-0.1, -0.05) is 12.8 Å². The van der Waals surface area contributed by atoms with E-state index in [-0.39, 0.29) is 18.4 Å². The van der Waals surface area contributed by atoms with Gasteiger partial charge in [-0.25, -0.2) is 4.98 Å². The molecule has 0 atom stereocenters. The molecule has 1 N–H and O–H groups in total. The van der Waals surface area contributed by atoms with Crippen LogP contribution in [0, 0.1) is 0 Å². The molecule has 0 aliphatic carbocycles. The van der Waals surface area contributed by atoms with Gasteiger partial charge in [0.2, 0.25) is 5.91 Å². The van der Waals surface area contributed by atoms with Crippen LogP contribution in [0.2, 0.25) is 0 Å². The van der Waals surface area contributed by atoms with Gasteiger partial charge in [-0.3, -0.25) is 9.59 Å². The number of aromatic nitrogens is 1. The van der Waals surface area contributed by atoms with Gasteiger partial charge in [-0.05, 0) is 45.0 Å². The van der Waals surface area contributed by atoms with Crippen molar-refractivity contribution in [2.24, 2.45) is 0 Å². The van der Waals surface area contributed by atoms with Crippen LogP contribution in [0.1, 0.15) is 42.5 Å². The number of likely N-dealkylation sites (N-methyl/N-ethyl adjacent to an activating group) is 1. The topological polar surface area (TPSA) is 68.8 Å². The van der Waals surface area contributed by atoms with E-state index < -0.39 is 0 Å². The Labute approximate surface area is 155 Å². The third-order valence-electron chi connectivity index (χ3n) is 5.27. The maximum absolute atomic E-state index is 12.7. The minimum atomic E-state index is -0.0532. The fourth-order valence-corrected chi connectivity index (χ4v) is 3.59. The van der Waals surface area contributed by atoms with Gasteiger partial charge in [0.15, 0.2) is 0 Å². The minimum Gasteiger partial charge on any atom is -0.359 e. The highest BCUT2D eigenvalue weighted by molar-refractivity contribution is 6.03. The van der Waals surface area contributed by atoms with Crippen molar-refractivity contribution in [2.75, 3.05) is 57.0 Å². The molecule has 3 rings (SSSR count). The van der Waals surface area contributed by atoms with E-state index in [1.807, 2.05) is 7.05 Å². The quantitative estimate of drug-likeness (QED) is 0.868. The summed E-state index contributed by atoms with van der Waals surface area (Å²) in [5, 5.41) is 2.98. The first-order valence-electron chi connectivity index (χ1n) is 9.54. The Morgan fingerprint density at radius 1 is 1.27 bits per heavy atom. The average molecular weight is 359 g/mol. The Hall–Kier alpha value is -2.15. The summed E-state index contributed by atoms with van der Waals surface area (Å²) in [6, 6.07) is 1.75. The highest BCUT2D eigenvalue weighted by Gasteiger charge is 2.23. The van der Waals surface area contributed by atoms with Gasteiger partial charge in [-0.15, -0.1) is 0 Å². The number of amides is 2. The van der Waals surface area contributed by atoms with Gasteiger partial charge in [0.25, 0.3) is 5.91 Å². The van der Waals surface area contributed by atoms with Crippen molar-refractivity contribution in [2.45, 2.75) is 32.1 Å². The molecule has 0 unspecified atom stereocenters. The van der Waals surface area contributed by atoms with Gasteiger partial charge >= 0.3 is 0 Å². The summed E-state index contributed by atoms with van der Waals surface area (Å²) in [5.41, 5.74) is 1.18. The fourth-order valence-electron chi connectivity index (χ4n) is 3.59. The van der Waals surface area contributed by atoms with Gasteiger partial charge in [0, 0.05) is 26.8 Å². The third kappa shape index (κ3) is 4.33. The number of carbonyl (C=O) groups excluding carboxylic acids is 2. The highest BCUT2D eigenvalue weighted by Crippen LogP contribution is 2.27. The van der Waals surface area contributed by atoms with E-state index in [0.29, 0.717) is 17.1 Å². The molecule has 1 aromatic heterocycles. The Bertz CT molecular complexity index is 655. The Balaban J connectivity index is 1.55. The number of likely N-dealkylation sites (tertiary alicyclic amines) is 1. The lowest BCUT2D eigenvalue weighted by molar-refractivity contribution is -0.116. The Kier molecular flexibility index (Phi) is 6.08. The van der Waals surface area contributed by atoms with Gasteiger partial charge in [-0.2, -0.15) is 0 Å². The lowest BCUT2D eigenvalue weighted by atomic mass is 10.2. The molecule has 0 radical (unpaired) electrons. The standard InChI is InChI=1S/C19H29N5O2/c1-22(8-7-11-24-9-5-3-4-6-10-24)19(26)15-12-16-18(20-13-15)21-14-17(25)23(16)2/h12-13H,3-11,14H2,1-2H3,(H,20,21). The van der Waals surface area contributed by atoms with Crippen LogP contribution in [0.25, 0.3) is 0 Å². The molecule has 0 saturated carbocycles. The molecule has 7 heteroatoms. The number of fused-ring (bicyclic) bond motifs is 1. The highest BCUT2D eigenvalue weighted by atomic mass is 16.2. The summed E-state index contributed by atoms with van der Waals surface area (Å²) in [6.07, 6.45) is 7.81. The summed E-state index contributed by atoms with van der Waals surface area (Å²) < 4.78 is 0. The second kappa shape index (κ2) is 8.49. The Morgan fingerprint density at radius 3 is 2.73 bits per heavy atom. The number of hydrogen-bond donors (Lipinski definition) is 1. The predicted octanol–water partition coefficient (Wildman–Crippen LogP) is 1.81. The summed E-state index contributed by atoms with van der Waals surface area (Å²) >= 11 is 0. The van der Waals surface area contributed by atoms with Crippen LogP contribution < -0.4 is 10.2 Å². The van der Waals surface area contributed by atoms with Crippen molar-refractivity contribution in [1.82, 2.24) is 14.8 Å². The molecule has 1 aromatic rings. The van der Waals surface area contributed by atoms with Crippen LogP contribution >= 0.6 is 0 Å². The minimum absolute atomic E-state index is 0.0327. The smallest absolute Gasteiger partial charge is 0.255 e. The molecule has 0 bridgehead atoms. The first-order chi connectivity index (χ1) is 12.6. The van der Waals surface area contributed by atoms with Crippen molar-refractivity contribution in [3.63, 3.8) is 0 Å². The molecule has 142 valence electrons. The molecule has 1 fully saturated rings. The van der Waals surface area contributed by atoms with E-state index >= 15 is 0 Å². The molecule has 0 spiro atoms. The van der Waals surface area contributed by atoms with E-state index in [0.717, 1.165) is 19.5 Å². The van der Waals surface area contributed by atoms with E-state index in [4.69, 9.17) is 0 Å². The SMILES string of the molecule is CN(CCCN1CCCCCC1)C(=O)c1cnc2c(c1)N(C)C(=O)CN2. The van der Waals surface area contributed by atoms with Crippen molar-refractivity contribution >= 4 is 23.3 Å². The maximum atomic E-state index is 12.7. The van der Waals surface area contributed by atoms with Crippen LogP contribution in [-0.4, -0.2) is 73.4 Å². The van der Waals surface area contributed by atoms with Crippen LogP contribution in [0.15, 0.2) is 12.3 Å². The second-order valence-corrected chi connectivity index (χ2v) is 7.23. The number of anilines is 2. The summed E-state index contributed by atoms with van der Waals surface area (Å²) in [6.45, 7) is 4.36. The summed E-state index contributed by atoms with van der Waals surface area (Å²) in [7, 11) is 3.54. The number of nitrogens with one attached hydrogen (secondary N) is 1. The van der Waals surface area contributed by atoms with Gasteiger partial charge < -0.3 is 20.0 Å². The van der Waals surface area contributed by atoms with E-state index in [1.54, 1.807) is 29.1 Å². The summed E-state index contributed by atoms with van der Waals surface area (Å²) in [5.74, 6) is 0.560. The van der Waals surface area contributed by atoms with Gasteiger partial charge in [0.05, 0.1) is 17.8 Å². The Morgan fingerprint density at radius 2 is 2.00 bits per heavy atom. The number of nitrogens with zero attached hydrogens (tertiary/aromatic N) is 4. The number of carbonyl (C=O) groups is 2. The first kappa shape index (κ1) is 18.6.